The fraction of sp³-hybridized carbons (Fsp3) is 0.259. The van der Waals surface area contributed by atoms with E-state index in [-0.39, 0.29) is 18.0 Å². The van der Waals surface area contributed by atoms with Crippen molar-refractivity contribution in [2.45, 2.75) is 37.9 Å². The molecule has 0 aliphatic rings. The predicted octanol–water partition coefficient (Wildman–Crippen LogP) is 5.13. The molecule has 2 aromatic carbocycles. The minimum atomic E-state index is -3.95. The van der Waals surface area contributed by atoms with E-state index in [4.69, 9.17) is 0 Å². The lowest BCUT2D eigenvalue weighted by Gasteiger charge is -2.40. The summed E-state index contributed by atoms with van der Waals surface area (Å²) in [5.74, 6) is -2.32. The molecule has 0 amide bonds. The van der Waals surface area contributed by atoms with E-state index in [9.17, 15) is 28.9 Å². The van der Waals surface area contributed by atoms with Gasteiger partial charge >= 0.3 is 5.97 Å². The van der Waals surface area contributed by atoms with Crippen molar-refractivity contribution in [3.8, 4) is 11.3 Å². The number of aryl methyl sites for hydroxylation is 1. The Balaban J connectivity index is 2.35. The Morgan fingerprint density at radius 2 is 1.71 bits per heavy atom. The van der Waals surface area contributed by atoms with Gasteiger partial charge in [-0.05, 0) is 42.2 Å². The number of aliphatic hydroxyl groups is 1. The van der Waals surface area contributed by atoms with Crippen molar-refractivity contribution in [2.24, 2.45) is 5.92 Å². The van der Waals surface area contributed by atoms with Crippen LogP contribution in [-0.2, 0) is 21.4 Å². The van der Waals surface area contributed by atoms with Gasteiger partial charge in [0.2, 0.25) is 8.03 Å². The molecular formula is C27H29FNO5P. The summed E-state index contributed by atoms with van der Waals surface area (Å²) in [6.45, 7) is 5.40. The third-order valence-electron chi connectivity index (χ3n) is 6.00. The molecule has 0 fully saturated rings. The summed E-state index contributed by atoms with van der Waals surface area (Å²) in [4.78, 5) is 27.8. The zero-order chi connectivity index (χ0) is 25.8. The van der Waals surface area contributed by atoms with Gasteiger partial charge in [0.05, 0.1) is 11.4 Å². The number of nitrogens with zero attached hydrogens (tertiary/aromatic N) is 1. The summed E-state index contributed by atoms with van der Waals surface area (Å²) in [7, 11) is -3.95. The number of hydrogen-bond acceptors (Lipinski definition) is 4. The highest BCUT2D eigenvalue weighted by Crippen LogP contribution is 2.52. The highest BCUT2D eigenvalue weighted by atomic mass is 31.1. The van der Waals surface area contributed by atoms with Gasteiger partial charge in [0.1, 0.15) is 11.4 Å². The van der Waals surface area contributed by atoms with Crippen LogP contribution in [0.25, 0.3) is 11.3 Å². The number of rotatable bonds is 9. The number of allylic oxidation sites excluding steroid dienone is 1. The van der Waals surface area contributed by atoms with E-state index in [2.05, 4.69) is 4.98 Å². The highest BCUT2D eigenvalue weighted by Gasteiger charge is 2.60. The number of carboxylic acids is 1. The molecule has 3 N–H and O–H groups in total. The molecule has 0 aliphatic carbocycles. The number of aromatic nitrogens is 1. The van der Waals surface area contributed by atoms with Crippen LogP contribution in [0.5, 0.6) is 0 Å². The lowest BCUT2D eigenvalue weighted by atomic mass is 9.77. The maximum atomic E-state index is 13.6. The molecule has 3 atom stereocenters. The first-order chi connectivity index (χ1) is 16.5. The first kappa shape index (κ1) is 26.5. The third kappa shape index (κ3) is 5.27. The molecule has 184 valence electrons. The molecule has 3 unspecified atom stereocenters. The summed E-state index contributed by atoms with van der Waals surface area (Å²) in [5.41, 5.74) is -0.112. The van der Waals surface area contributed by atoms with Crippen LogP contribution < -0.4 is 0 Å². The van der Waals surface area contributed by atoms with Crippen LogP contribution >= 0.6 is 8.03 Å². The zero-order valence-corrected chi connectivity index (χ0v) is 20.8. The molecular weight excluding hydrogens is 468 g/mol. The third-order valence-corrected chi connectivity index (χ3v) is 7.47. The Labute approximate surface area is 204 Å². The first-order valence-corrected chi connectivity index (χ1v) is 12.5. The van der Waals surface area contributed by atoms with Crippen molar-refractivity contribution in [2.75, 3.05) is 0 Å². The summed E-state index contributed by atoms with van der Waals surface area (Å²) >= 11 is 0. The minimum absolute atomic E-state index is 0.0746. The van der Waals surface area contributed by atoms with E-state index in [1.807, 2.05) is 37.3 Å². The Morgan fingerprint density at radius 1 is 1.09 bits per heavy atom. The number of hydrogen-bond donors (Lipinski definition) is 3. The van der Waals surface area contributed by atoms with Crippen molar-refractivity contribution < 1.29 is 28.9 Å². The van der Waals surface area contributed by atoms with Crippen molar-refractivity contribution in [3.63, 3.8) is 0 Å². The summed E-state index contributed by atoms with van der Waals surface area (Å²) in [6, 6.07) is 17.5. The molecule has 0 radical (unpaired) electrons. The number of carbonyl (C=O) groups is 1. The van der Waals surface area contributed by atoms with Gasteiger partial charge in [0, 0.05) is 12.0 Å². The minimum Gasteiger partial charge on any atom is -0.480 e. The summed E-state index contributed by atoms with van der Waals surface area (Å²) in [6.07, 6.45) is 2.20. The fourth-order valence-corrected chi connectivity index (χ4v) is 5.03. The fourth-order valence-electron chi connectivity index (χ4n) is 4.04. The van der Waals surface area contributed by atoms with Crippen molar-refractivity contribution in [1.82, 2.24) is 4.98 Å². The number of benzene rings is 2. The Hall–Kier alpha value is -3.12. The van der Waals surface area contributed by atoms with Crippen LogP contribution in [0.1, 0.15) is 30.7 Å². The smallest absolute Gasteiger partial charge is 0.326 e. The monoisotopic (exact) mass is 497 g/mol. The zero-order valence-electron chi connectivity index (χ0n) is 19.8. The molecule has 8 heteroatoms. The standard InChI is InChI=1S/C27H29FNO5P/c1-18(2)15-16-27(25(30)31,35(33)34)26(32,17-20-10-12-22(28)13-11-20)23-14-9-19(3)24(29-23)21-7-5-4-6-8-21/h4-16,18,32,35H,17H2,1-3H3,(H,30,31)(H,33,34). The van der Waals surface area contributed by atoms with Crippen molar-refractivity contribution >= 4 is 14.0 Å². The summed E-state index contributed by atoms with van der Waals surface area (Å²) < 4.78 is 26.4. The highest BCUT2D eigenvalue weighted by molar-refractivity contribution is 7.42. The second-order valence-electron chi connectivity index (χ2n) is 8.91. The van der Waals surface area contributed by atoms with E-state index in [0.717, 1.165) is 17.2 Å². The maximum absolute atomic E-state index is 13.6. The Morgan fingerprint density at radius 3 is 2.26 bits per heavy atom. The number of carboxylic acid groups (broad SMARTS) is 1. The largest absolute Gasteiger partial charge is 0.480 e. The SMILES string of the molecule is Cc1ccc(C(O)(Cc2ccc(F)cc2)C(C=CC(C)C)(C(=O)O)[PH](=O)O)nc1-c1ccccc1. The number of pyridine rings is 1. The second-order valence-corrected chi connectivity index (χ2v) is 10.3. The van der Waals surface area contributed by atoms with Crippen LogP contribution in [0.2, 0.25) is 0 Å². The van der Waals surface area contributed by atoms with Gasteiger partial charge in [-0.15, -0.1) is 0 Å². The van der Waals surface area contributed by atoms with Gasteiger partial charge in [-0.1, -0.05) is 74.5 Å². The van der Waals surface area contributed by atoms with Crippen LogP contribution in [0.3, 0.4) is 0 Å². The lowest BCUT2D eigenvalue weighted by molar-refractivity contribution is -0.147. The average molecular weight is 498 g/mol. The van der Waals surface area contributed by atoms with Crippen LogP contribution in [0.4, 0.5) is 4.39 Å². The molecule has 3 aromatic rings. The number of aliphatic carboxylic acids is 1. The van der Waals surface area contributed by atoms with Gasteiger partial charge in [0.25, 0.3) is 0 Å². The molecule has 0 bridgehead atoms. The van der Waals surface area contributed by atoms with E-state index >= 15 is 0 Å². The number of halogens is 1. The Kier molecular flexibility index (Phi) is 8.06. The molecule has 0 aliphatic heterocycles. The quantitative estimate of drug-likeness (QED) is 0.280. The molecule has 0 saturated carbocycles. The molecule has 1 aromatic heterocycles. The Bertz CT molecular complexity index is 1230. The first-order valence-electron chi connectivity index (χ1n) is 11.2. The van der Waals surface area contributed by atoms with E-state index < -0.39 is 30.6 Å². The average Bonchev–Trinajstić information content (AvgIpc) is 2.81. The maximum Gasteiger partial charge on any atom is 0.326 e. The van der Waals surface area contributed by atoms with Gasteiger partial charge in [-0.2, -0.15) is 0 Å². The molecule has 6 nitrogen and oxygen atoms in total. The molecule has 0 spiro atoms. The molecule has 3 rings (SSSR count). The van der Waals surface area contributed by atoms with Gasteiger partial charge in [0.15, 0.2) is 5.16 Å². The van der Waals surface area contributed by atoms with Crippen molar-refractivity contribution in [1.29, 1.82) is 0 Å². The predicted molar refractivity (Wildman–Crippen MR) is 134 cm³/mol. The summed E-state index contributed by atoms with van der Waals surface area (Å²) in [5, 5.41) is 20.0. The van der Waals surface area contributed by atoms with E-state index in [1.165, 1.54) is 36.4 Å². The van der Waals surface area contributed by atoms with Crippen molar-refractivity contribution in [3.05, 3.63) is 102 Å². The van der Waals surface area contributed by atoms with Crippen LogP contribution in [0.15, 0.2) is 78.9 Å². The van der Waals surface area contributed by atoms with Gasteiger partial charge < -0.3 is 15.1 Å². The van der Waals surface area contributed by atoms with E-state index in [1.54, 1.807) is 19.9 Å². The molecule has 1 heterocycles. The lowest BCUT2D eigenvalue weighted by Crippen LogP contribution is -2.55. The van der Waals surface area contributed by atoms with Gasteiger partial charge in [-0.3, -0.25) is 9.36 Å². The van der Waals surface area contributed by atoms with E-state index in [0.29, 0.717) is 11.3 Å². The van der Waals surface area contributed by atoms with Gasteiger partial charge in [-0.25, -0.2) is 9.37 Å². The van der Waals surface area contributed by atoms with Crippen LogP contribution in [-0.4, -0.2) is 31.2 Å². The second kappa shape index (κ2) is 10.6. The topological polar surface area (TPSA) is 108 Å². The molecule has 35 heavy (non-hydrogen) atoms. The molecule has 0 saturated heterocycles. The van der Waals surface area contributed by atoms with Crippen LogP contribution in [0, 0.1) is 18.7 Å². The normalized spacial score (nSPS) is 16.1.